The highest BCUT2D eigenvalue weighted by molar-refractivity contribution is 8.13. The van der Waals surface area contributed by atoms with E-state index in [4.69, 9.17) is 4.98 Å². The van der Waals surface area contributed by atoms with Crippen molar-refractivity contribution in [2.75, 3.05) is 13.1 Å². The van der Waals surface area contributed by atoms with Crippen molar-refractivity contribution in [3.8, 4) is 5.69 Å². The van der Waals surface area contributed by atoms with E-state index in [1.807, 2.05) is 54.6 Å². The highest BCUT2D eigenvalue weighted by Gasteiger charge is 2.14. The molecule has 5 nitrogen and oxygen atoms in total. The number of benzene rings is 2. The minimum Gasteiger partial charge on any atom is -0.363 e. The van der Waals surface area contributed by atoms with E-state index in [0.717, 1.165) is 35.3 Å². The van der Waals surface area contributed by atoms with Gasteiger partial charge >= 0.3 is 0 Å². The number of hydrogen-bond donors (Lipinski definition) is 1. The molecule has 0 atom stereocenters. The predicted molar refractivity (Wildman–Crippen MR) is 98.9 cm³/mol. The molecule has 0 spiro atoms. The zero-order chi connectivity index (χ0) is 16.4. The second-order valence-electron chi connectivity index (χ2n) is 5.42. The molecule has 1 N–H and O–H groups in total. The van der Waals surface area contributed by atoms with Crippen molar-refractivity contribution in [2.45, 2.75) is 5.75 Å². The fourth-order valence-corrected chi connectivity index (χ4v) is 3.57. The number of fused-ring (bicyclic) bond motifs is 1. The van der Waals surface area contributed by atoms with E-state index < -0.39 is 0 Å². The summed E-state index contributed by atoms with van der Waals surface area (Å²) < 4.78 is 1.70. The molecule has 1 aliphatic heterocycles. The lowest BCUT2D eigenvalue weighted by atomic mass is 10.2. The zero-order valence-electron chi connectivity index (χ0n) is 13.0. The smallest absolute Gasteiger partial charge is 0.265 e. The number of hydrogen-bond acceptors (Lipinski definition) is 5. The third-order valence-electron chi connectivity index (χ3n) is 3.84. The summed E-state index contributed by atoms with van der Waals surface area (Å²) >= 11 is 1.58. The van der Waals surface area contributed by atoms with E-state index in [1.165, 1.54) is 0 Å². The Kier molecular flexibility index (Phi) is 4.04. The van der Waals surface area contributed by atoms with Crippen molar-refractivity contribution in [3.05, 3.63) is 70.8 Å². The minimum absolute atomic E-state index is 0.0382. The van der Waals surface area contributed by atoms with E-state index in [9.17, 15) is 4.79 Å². The number of nitrogens with zero attached hydrogens (tertiary/aromatic N) is 3. The Bertz CT molecular complexity index is 966. The Labute approximate surface area is 143 Å². The van der Waals surface area contributed by atoms with E-state index >= 15 is 0 Å². The number of rotatable bonds is 3. The Morgan fingerprint density at radius 1 is 1.08 bits per heavy atom. The van der Waals surface area contributed by atoms with Gasteiger partial charge in [-0.3, -0.25) is 14.4 Å². The lowest BCUT2D eigenvalue weighted by molar-refractivity contribution is 0.885. The van der Waals surface area contributed by atoms with Crippen LogP contribution in [0.25, 0.3) is 16.6 Å². The van der Waals surface area contributed by atoms with Gasteiger partial charge in [0.1, 0.15) is 5.82 Å². The Balaban J connectivity index is 1.84. The van der Waals surface area contributed by atoms with Crippen molar-refractivity contribution < 1.29 is 0 Å². The van der Waals surface area contributed by atoms with Crippen LogP contribution in [0.3, 0.4) is 0 Å². The predicted octanol–water partition coefficient (Wildman–Crippen LogP) is 2.58. The second-order valence-corrected chi connectivity index (χ2v) is 6.39. The molecular weight excluding hydrogens is 320 g/mol. The van der Waals surface area contributed by atoms with Gasteiger partial charge < -0.3 is 5.32 Å². The monoisotopic (exact) mass is 336 g/mol. The van der Waals surface area contributed by atoms with Crippen molar-refractivity contribution >= 4 is 27.8 Å². The molecule has 4 rings (SSSR count). The molecule has 0 radical (unpaired) electrons. The molecule has 0 saturated carbocycles. The number of aromatic nitrogens is 2. The van der Waals surface area contributed by atoms with E-state index in [0.29, 0.717) is 11.1 Å². The molecule has 0 saturated heterocycles. The zero-order valence-corrected chi connectivity index (χ0v) is 13.8. The van der Waals surface area contributed by atoms with Crippen LogP contribution in [-0.4, -0.2) is 27.8 Å². The van der Waals surface area contributed by atoms with Gasteiger partial charge in [0.05, 0.1) is 28.9 Å². The van der Waals surface area contributed by atoms with E-state index in [2.05, 4.69) is 10.3 Å². The summed E-state index contributed by atoms with van der Waals surface area (Å²) in [4.78, 5) is 22.1. The molecule has 0 bridgehead atoms. The van der Waals surface area contributed by atoms with Crippen molar-refractivity contribution in [1.29, 1.82) is 0 Å². The number of para-hydroxylation sites is 2. The molecule has 0 aliphatic carbocycles. The first-order chi connectivity index (χ1) is 11.8. The van der Waals surface area contributed by atoms with E-state index in [-0.39, 0.29) is 5.56 Å². The van der Waals surface area contributed by atoms with Gasteiger partial charge in [0.2, 0.25) is 0 Å². The summed E-state index contributed by atoms with van der Waals surface area (Å²) in [6.45, 7) is 1.68. The lowest BCUT2D eigenvalue weighted by Crippen LogP contribution is -2.24. The maximum Gasteiger partial charge on any atom is 0.265 e. The molecule has 0 amide bonds. The van der Waals surface area contributed by atoms with Gasteiger partial charge in [-0.05, 0) is 24.3 Å². The topological polar surface area (TPSA) is 59.3 Å². The maximum absolute atomic E-state index is 13.0. The average molecular weight is 336 g/mol. The van der Waals surface area contributed by atoms with Crippen LogP contribution in [0.1, 0.15) is 5.82 Å². The van der Waals surface area contributed by atoms with Gasteiger partial charge in [-0.25, -0.2) is 4.98 Å². The molecule has 2 aromatic carbocycles. The standard InChI is InChI=1S/C18H16N4OS/c23-17-14-8-4-5-9-15(14)21-16(12-24-18-19-10-11-20-18)22(17)13-6-2-1-3-7-13/h1-9H,10-12H2,(H,19,20). The quantitative estimate of drug-likeness (QED) is 0.799. The second kappa shape index (κ2) is 6.49. The largest absolute Gasteiger partial charge is 0.363 e. The molecule has 1 aliphatic rings. The van der Waals surface area contributed by atoms with E-state index in [1.54, 1.807) is 16.3 Å². The third-order valence-corrected chi connectivity index (χ3v) is 4.79. The summed E-state index contributed by atoms with van der Waals surface area (Å²) in [5.74, 6) is 1.31. The average Bonchev–Trinajstić information content (AvgIpc) is 3.14. The van der Waals surface area contributed by atoms with Crippen LogP contribution in [0.15, 0.2) is 64.4 Å². The van der Waals surface area contributed by atoms with Gasteiger partial charge in [-0.2, -0.15) is 0 Å². The van der Waals surface area contributed by atoms with Crippen LogP contribution in [0.4, 0.5) is 0 Å². The Hall–Kier alpha value is -2.60. The molecule has 0 unspecified atom stereocenters. The molecular formula is C18H16N4OS. The summed E-state index contributed by atoms with van der Waals surface area (Å²) in [6.07, 6.45) is 0. The van der Waals surface area contributed by atoms with Crippen LogP contribution in [-0.2, 0) is 5.75 Å². The Morgan fingerprint density at radius 2 is 1.88 bits per heavy atom. The van der Waals surface area contributed by atoms with Crippen LogP contribution in [0, 0.1) is 0 Å². The fourth-order valence-electron chi connectivity index (χ4n) is 2.72. The molecule has 1 aromatic heterocycles. The first kappa shape index (κ1) is 15.0. The highest BCUT2D eigenvalue weighted by atomic mass is 32.2. The normalized spacial score (nSPS) is 13.8. The van der Waals surface area contributed by atoms with Gasteiger partial charge in [-0.15, -0.1) is 0 Å². The molecule has 0 fully saturated rings. The number of amidine groups is 1. The molecule has 120 valence electrons. The summed E-state index contributed by atoms with van der Waals surface area (Å²) in [5, 5.41) is 4.78. The summed E-state index contributed by atoms with van der Waals surface area (Å²) in [6, 6.07) is 17.1. The van der Waals surface area contributed by atoms with Crippen LogP contribution < -0.4 is 10.9 Å². The highest BCUT2D eigenvalue weighted by Crippen LogP contribution is 2.18. The van der Waals surface area contributed by atoms with Gasteiger partial charge in [0.25, 0.3) is 5.56 Å². The van der Waals surface area contributed by atoms with Crippen molar-refractivity contribution in [2.24, 2.45) is 4.99 Å². The maximum atomic E-state index is 13.0. The van der Waals surface area contributed by atoms with Crippen molar-refractivity contribution in [1.82, 2.24) is 14.9 Å². The van der Waals surface area contributed by atoms with Crippen LogP contribution in [0.5, 0.6) is 0 Å². The molecule has 3 aromatic rings. The molecule has 24 heavy (non-hydrogen) atoms. The van der Waals surface area contributed by atoms with Crippen LogP contribution >= 0.6 is 11.8 Å². The number of thioether (sulfide) groups is 1. The summed E-state index contributed by atoms with van der Waals surface area (Å²) in [5.41, 5.74) is 1.52. The van der Waals surface area contributed by atoms with Crippen LogP contribution in [0.2, 0.25) is 0 Å². The van der Waals surface area contributed by atoms with Gasteiger partial charge in [0.15, 0.2) is 5.17 Å². The molecule has 6 heteroatoms. The van der Waals surface area contributed by atoms with Gasteiger partial charge in [0, 0.05) is 6.54 Å². The minimum atomic E-state index is -0.0382. The first-order valence-corrected chi connectivity index (χ1v) is 8.79. The Morgan fingerprint density at radius 3 is 2.67 bits per heavy atom. The van der Waals surface area contributed by atoms with Gasteiger partial charge in [-0.1, -0.05) is 42.1 Å². The number of aliphatic imine (C=N–C) groups is 1. The summed E-state index contributed by atoms with van der Waals surface area (Å²) in [7, 11) is 0. The third kappa shape index (κ3) is 2.80. The fraction of sp³-hybridized carbons (Fsp3) is 0.167. The number of nitrogens with one attached hydrogen (secondary N) is 1. The van der Waals surface area contributed by atoms with Crippen molar-refractivity contribution in [3.63, 3.8) is 0 Å². The SMILES string of the molecule is O=c1c2ccccc2nc(CSC2=NCCN2)n1-c1ccccc1. The first-order valence-electron chi connectivity index (χ1n) is 7.80. The molecule has 2 heterocycles. The lowest BCUT2D eigenvalue weighted by Gasteiger charge is -2.13.